The molecule has 7 heteroatoms. The van der Waals surface area contributed by atoms with Gasteiger partial charge in [-0.15, -0.1) is 10.2 Å². The summed E-state index contributed by atoms with van der Waals surface area (Å²) < 4.78 is 2.49. The van der Waals surface area contributed by atoms with Crippen molar-refractivity contribution in [3.63, 3.8) is 0 Å². The van der Waals surface area contributed by atoms with E-state index in [1.54, 1.807) is 11.8 Å². The van der Waals surface area contributed by atoms with Crippen LogP contribution in [0.2, 0.25) is 0 Å². The second-order valence-electron chi connectivity index (χ2n) is 2.25. The number of alkyl halides is 1. The van der Waals surface area contributed by atoms with Crippen LogP contribution < -0.4 is 5.73 Å². The first kappa shape index (κ1) is 9.00. The average molecular weight is 307 g/mol. The van der Waals surface area contributed by atoms with Crippen LogP contribution in [0, 0.1) is 0 Å². The van der Waals surface area contributed by atoms with Crippen molar-refractivity contribution in [1.29, 1.82) is 0 Å². The summed E-state index contributed by atoms with van der Waals surface area (Å²) in [6.45, 7) is 0. The molecule has 2 rings (SSSR count). The van der Waals surface area contributed by atoms with E-state index < -0.39 is 0 Å². The van der Waals surface area contributed by atoms with Crippen molar-refractivity contribution in [3.05, 3.63) is 12.1 Å². The van der Waals surface area contributed by atoms with Crippen LogP contribution >= 0.6 is 34.4 Å². The minimum atomic E-state index is 0.325. The van der Waals surface area contributed by atoms with Gasteiger partial charge in [-0.25, -0.2) is 0 Å². The van der Waals surface area contributed by atoms with Gasteiger partial charge in [0.15, 0.2) is 5.65 Å². The second kappa shape index (κ2) is 3.66. The van der Waals surface area contributed by atoms with Gasteiger partial charge in [-0.3, -0.25) is 0 Å². The van der Waals surface area contributed by atoms with Crippen molar-refractivity contribution in [2.75, 3.05) is 9.49 Å². The number of nitrogens with two attached hydrogens (primary N) is 1. The van der Waals surface area contributed by atoms with Gasteiger partial charge in [-0.05, 0) is 12.1 Å². The molecule has 0 amide bonds. The standard InChI is InChI=1S/C6H6IN5S/c7-3-13-5-2-1-4-9-10-6(8)12(4)11-5/h1-2H,3H2,(H2,8,10). The maximum Gasteiger partial charge on any atom is 0.243 e. The van der Waals surface area contributed by atoms with E-state index in [4.69, 9.17) is 5.73 Å². The molecule has 0 saturated heterocycles. The molecule has 68 valence electrons. The summed E-state index contributed by atoms with van der Waals surface area (Å²) in [5.74, 6) is 0.325. The van der Waals surface area contributed by atoms with Gasteiger partial charge in [-0.2, -0.15) is 9.61 Å². The molecule has 0 spiro atoms. The SMILES string of the molecule is Nc1nnc2ccc(SCI)nn12. The van der Waals surface area contributed by atoms with Crippen LogP contribution in [0.3, 0.4) is 0 Å². The molecular formula is C6H6IN5S. The lowest BCUT2D eigenvalue weighted by Crippen LogP contribution is -1.98. The largest absolute Gasteiger partial charge is 0.366 e. The van der Waals surface area contributed by atoms with Crippen LogP contribution in [0.1, 0.15) is 0 Å². The molecule has 0 bridgehead atoms. The summed E-state index contributed by atoms with van der Waals surface area (Å²) >= 11 is 3.92. The number of fused-ring (bicyclic) bond motifs is 1. The predicted octanol–water partition coefficient (Wildman–Crippen LogP) is 1.19. The van der Waals surface area contributed by atoms with Crippen molar-refractivity contribution in [3.8, 4) is 0 Å². The van der Waals surface area contributed by atoms with Crippen LogP contribution in [0.25, 0.3) is 5.65 Å². The minimum Gasteiger partial charge on any atom is -0.366 e. The molecule has 0 atom stereocenters. The van der Waals surface area contributed by atoms with E-state index in [1.165, 1.54) is 4.52 Å². The molecule has 0 fully saturated rings. The zero-order valence-electron chi connectivity index (χ0n) is 6.51. The molecule has 0 aromatic carbocycles. The number of rotatable bonds is 2. The summed E-state index contributed by atoms with van der Waals surface area (Å²) in [5.41, 5.74) is 6.23. The van der Waals surface area contributed by atoms with Gasteiger partial charge in [0.05, 0.1) is 3.76 Å². The fraction of sp³-hybridized carbons (Fsp3) is 0.167. The zero-order chi connectivity index (χ0) is 9.26. The molecule has 2 heterocycles. The first-order valence-corrected chi connectivity index (χ1v) is 5.99. The van der Waals surface area contributed by atoms with E-state index in [2.05, 4.69) is 37.9 Å². The second-order valence-corrected chi connectivity index (χ2v) is 5.05. The summed E-state index contributed by atoms with van der Waals surface area (Å²) in [6.07, 6.45) is 0. The van der Waals surface area contributed by atoms with E-state index >= 15 is 0 Å². The molecule has 0 aliphatic heterocycles. The molecule has 0 unspecified atom stereocenters. The summed E-state index contributed by atoms with van der Waals surface area (Å²) in [5, 5.41) is 12.7. The highest BCUT2D eigenvalue weighted by atomic mass is 127. The average Bonchev–Trinajstić information content (AvgIpc) is 2.49. The first-order valence-electron chi connectivity index (χ1n) is 3.48. The van der Waals surface area contributed by atoms with Crippen molar-refractivity contribution in [2.24, 2.45) is 0 Å². The molecule has 13 heavy (non-hydrogen) atoms. The zero-order valence-corrected chi connectivity index (χ0v) is 9.49. The Hall–Kier alpha value is -0.570. The van der Waals surface area contributed by atoms with Gasteiger partial charge in [0, 0.05) is 0 Å². The maximum absolute atomic E-state index is 5.56. The molecule has 2 aromatic heterocycles. The number of aromatic nitrogens is 4. The van der Waals surface area contributed by atoms with Crippen LogP contribution in [0.5, 0.6) is 0 Å². The highest BCUT2D eigenvalue weighted by Crippen LogP contribution is 2.17. The number of nitrogens with zero attached hydrogens (tertiary/aromatic N) is 4. The summed E-state index contributed by atoms with van der Waals surface area (Å²) in [6, 6.07) is 3.76. The van der Waals surface area contributed by atoms with Gasteiger partial charge in [0.1, 0.15) is 5.03 Å². The molecule has 2 aromatic rings. The lowest BCUT2D eigenvalue weighted by Gasteiger charge is -1.97. The highest BCUT2D eigenvalue weighted by Gasteiger charge is 2.03. The van der Waals surface area contributed by atoms with Crippen LogP contribution in [-0.4, -0.2) is 23.6 Å². The Labute approximate surface area is 92.2 Å². The minimum absolute atomic E-state index is 0.325. The summed E-state index contributed by atoms with van der Waals surface area (Å²) in [4.78, 5) is 0. The van der Waals surface area contributed by atoms with Crippen molar-refractivity contribution >= 4 is 45.9 Å². The Bertz CT molecular complexity index is 428. The number of nitrogen functional groups attached to an aromatic ring is 1. The Kier molecular flexibility index (Phi) is 2.54. The van der Waals surface area contributed by atoms with Crippen LogP contribution in [0.15, 0.2) is 17.2 Å². The third-order valence-corrected chi connectivity index (χ3v) is 3.02. The van der Waals surface area contributed by atoms with E-state index in [-0.39, 0.29) is 0 Å². The highest BCUT2D eigenvalue weighted by molar-refractivity contribution is 14.1. The van der Waals surface area contributed by atoms with Gasteiger partial charge in [0.25, 0.3) is 0 Å². The third kappa shape index (κ3) is 1.70. The fourth-order valence-electron chi connectivity index (χ4n) is 0.922. The topological polar surface area (TPSA) is 69.1 Å². The normalized spacial score (nSPS) is 10.8. The lowest BCUT2D eigenvalue weighted by atomic mass is 10.6. The van der Waals surface area contributed by atoms with Crippen molar-refractivity contribution in [2.45, 2.75) is 5.03 Å². The molecule has 0 aliphatic carbocycles. The van der Waals surface area contributed by atoms with Gasteiger partial charge in [0.2, 0.25) is 5.95 Å². The number of hydrogen-bond donors (Lipinski definition) is 1. The van der Waals surface area contributed by atoms with Crippen molar-refractivity contribution in [1.82, 2.24) is 19.8 Å². The molecule has 5 nitrogen and oxygen atoms in total. The maximum atomic E-state index is 5.56. The molecular weight excluding hydrogens is 301 g/mol. The van der Waals surface area contributed by atoms with E-state index in [0.717, 1.165) is 8.79 Å². The van der Waals surface area contributed by atoms with Crippen LogP contribution in [0.4, 0.5) is 5.95 Å². The van der Waals surface area contributed by atoms with E-state index in [9.17, 15) is 0 Å². The predicted molar refractivity (Wildman–Crippen MR) is 59.9 cm³/mol. The van der Waals surface area contributed by atoms with Gasteiger partial charge < -0.3 is 5.73 Å². The lowest BCUT2D eigenvalue weighted by molar-refractivity contribution is 0.865. The smallest absolute Gasteiger partial charge is 0.243 e. The Morgan fingerprint density at radius 2 is 2.31 bits per heavy atom. The molecule has 0 aliphatic rings. The monoisotopic (exact) mass is 307 g/mol. The quantitative estimate of drug-likeness (QED) is 0.513. The third-order valence-electron chi connectivity index (χ3n) is 1.46. The van der Waals surface area contributed by atoms with Crippen LogP contribution in [-0.2, 0) is 0 Å². The Morgan fingerprint density at radius 3 is 3.08 bits per heavy atom. The number of hydrogen-bond acceptors (Lipinski definition) is 5. The molecule has 0 saturated carbocycles. The first-order chi connectivity index (χ1) is 6.31. The van der Waals surface area contributed by atoms with E-state index in [1.807, 2.05) is 12.1 Å². The summed E-state index contributed by atoms with van der Waals surface area (Å²) in [7, 11) is 0. The van der Waals surface area contributed by atoms with Gasteiger partial charge >= 0.3 is 0 Å². The fourth-order valence-corrected chi connectivity index (χ4v) is 2.29. The number of anilines is 1. The van der Waals surface area contributed by atoms with Gasteiger partial charge in [-0.1, -0.05) is 34.4 Å². The number of thioether (sulfide) groups is 1. The number of halogens is 1. The van der Waals surface area contributed by atoms with Crippen molar-refractivity contribution < 1.29 is 0 Å². The molecule has 0 radical (unpaired) electrons. The Morgan fingerprint density at radius 1 is 1.46 bits per heavy atom. The molecule has 2 N–H and O–H groups in total. The van der Waals surface area contributed by atoms with E-state index in [0.29, 0.717) is 11.6 Å². The Balaban J connectivity index is 2.53.